The van der Waals surface area contributed by atoms with Gasteiger partial charge in [0.1, 0.15) is 0 Å². The van der Waals surface area contributed by atoms with E-state index in [1.54, 1.807) is 0 Å². The van der Waals surface area contributed by atoms with E-state index in [1.165, 1.54) is 0 Å². The Balaban J connectivity index is 3.87. The summed E-state index contributed by atoms with van der Waals surface area (Å²) in [5, 5.41) is 3.23. The summed E-state index contributed by atoms with van der Waals surface area (Å²) in [6.07, 6.45) is 1.05. The molecule has 2 unspecified atom stereocenters. The molecule has 0 radical (unpaired) electrons. The van der Waals surface area contributed by atoms with E-state index in [0.717, 1.165) is 13.0 Å². The van der Waals surface area contributed by atoms with Crippen LogP contribution in [0.5, 0.6) is 0 Å². The molecule has 0 aliphatic carbocycles. The largest absolute Gasteiger partial charge is 0.330 e. The Kier molecular flexibility index (Phi) is 5.46. The summed E-state index contributed by atoms with van der Waals surface area (Å²) in [5.41, 5.74) is 5.51. The molecule has 11 heavy (non-hydrogen) atoms. The highest BCUT2D eigenvalue weighted by Crippen LogP contribution is 2.03. The number of nitrogens with one attached hydrogen (secondary N) is 1. The van der Waals surface area contributed by atoms with Crippen LogP contribution in [0.25, 0.3) is 0 Å². The molecule has 0 saturated carbocycles. The average molecular weight is 159 g/mol. The third kappa shape index (κ3) is 3.70. The van der Waals surface area contributed by atoms with Gasteiger partial charge in [0, 0.05) is 12.1 Å². The highest BCUT2D eigenvalue weighted by atomic mass is 15.1. The van der Waals surface area contributed by atoms with Gasteiger partial charge in [-0.3, -0.25) is 0 Å². The van der Waals surface area contributed by atoms with E-state index < -0.39 is 0 Å². The Morgan fingerprint density at radius 2 is 2.00 bits per heavy atom. The van der Waals surface area contributed by atoms with Crippen molar-refractivity contribution in [2.24, 2.45) is 5.73 Å². The number of likely N-dealkylation sites (N-methyl/N-ethyl adjacent to an activating group) is 2. The summed E-state index contributed by atoms with van der Waals surface area (Å²) >= 11 is 0. The number of hydrogen-bond acceptors (Lipinski definition) is 3. The van der Waals surface area contributed by atoms with Crippen LogP contribution in [0.2, 0.25) is 0 Å². The van der Waals surface area contributed by atoms with Gasteiger partial charge in [0.05, 0.1) is 0 Å². The van der Waals surface area contributed by atoms with Crippen LogP contribution in [0.4, 0.5) is 0 Å². The van der Waals surface area contributed by atoms with Gasteiger partial charge in [0.15, 0.2) is 0 Å². The van der Waals surface area contributed by atoms with Crippen molar-refractivity contribution in [3.05, 3.63) is 0 Å². The highest BCUT2D eigenvalue weighted by Gasteiger charge is 2.16. The van der Waals surface area contributed by atoms with Crippen molar-refractivity contribution in [1.29, 1.82) is 0 Å². The van der Waals surface area contributed by atoms with E-state index in [0.29, 0.717) is 12.1 Å². The van der Waals surface area contributed by atoms with Crippen LogP contribution in [0, 0.1) is 0 Å². The average Bonchev–Trinajstić information content (AvgIpc) is 1.98. The lowest BCUT2D eigenvalue weighted by Gasteiger charge is -2.29. The number of rotatable bonds is 5. The SMILES string of the molecule is CNC(C)C(CCN)N(C)C. The molecule has 0 rings (SSSR count). The molecule has 0 fully saturated rings. The van der Waals surface area contributed by atoms with Crippen LogP contribution in [0.1, 0.15) is 13.3 Å². The molecule has 0 bridgehead atoms. The summed E-state index contributed by atoms with van der Waals surface area (Å²) in [6.45, 7) is 2.94. The second-order valence-corrected chi connectivity index (χ2v) is 3.19. The lowest BCUT2D eigenvalue weighted by atomic mass is 10.1. The van der Waals surface area contributed by atoms with Gasteiger partial charge in [-0.15, -0.1) is 0 Å². The zero-order chi connectivity index (χ0) is 8.85. The topological polar surface area (TPSA) is 41.3 Å². The minimum Gasteiger partial charge on any atom is -0.330 e. The van der Waals surface area contributed by atoms with Crippen molar-refractivity contribution >= 4 is 0 Å². The molecule has 3 heteroatoms. The monoisotopic (exact) mass is 159 g/mol. The molecular formula is C8H21N3. The maximum absolute atomic E-state index is 5.51. The summed E-state index contributed by atoms with van der Waals surface area (Å²) in [6, 6.07) is 1.05. The fourth-order valence-corrected chi connectivity index (χ4v) is 1.32. The first-order valence-corrected chi connectivity index (χ1v) is 4.17. The zero-order valence-corrected chi connectivity index (χ0v) is 8.09. The Morgan fingerprint density at radius 3 is 2.27 bits per heavy atom. The Hall–Kier alpha value is -0.120. The number of nitrogens with zero attached hydrogens (tertiary/aromatic N) is 1. The molecule has 0 aromatic carbocycles. The van der Waals surface area contributed by atoms with E-state index >= 15 is 0 Å². The van der Waals surface area contributed by atoms with Crippen LogP contribution in [-0.4, -0.2) is 44.7 Å². The molecule has 0 aliphatic heterocycles. The third-order valence-corrected chi connectivity index (χ3v) is 2.16. The van der Waals surface area contributed by atoms with Gasteiger partial charge in [0.25, 0.3) is 0 Å². The summed E-state index contributed by atoms with van der Waals surface area (Å²) in [5.74, 6) is 0. The predicted molar refractivity (Wildman–Crippen MR) is 49.7 cm³/mol. The van der Waals surface area contributed by atoms with Crippen molar-refractivity contribution in [1.82, 2.24) is 10.2 Å². The maximum Gasteiger partial charge on any atom is 0.0252 e. The van der Waals surface area contributed by atoms with Gasteiger partial charge in [-0.25, -0.2) is 0 Å². The summed E-state index contributed by atoms with van der Waals surface area (Å²) in [4.78, 5) is 2.22. The first-order chi connectivity index (χ1) is 5.13. The predicted octanol–water partition coefficient (Wildman–Crippen LogP) is -0.127. The van der Waals surface area contributed by atoms with Crippen molar-refractivity contribution in [2.75, 3.05) is 27.7 Å². The van der Waals surface area contributed by atoms with E-state index in [2.05, 4.69) is 31.2 Å². The van der Waals surface area contributed by atoms with E-state index in [9.17, 15) is 0 Å². The van der Waals surface area contributed by atoms with E-state index in [4.69, 9.17) is 5.73 Å². The molecule has 68 valence electrons. The van der Waals surface area contributed by atoms with Crippen LogP contribution in [-0.2, 0) is 0 Å². The molecule has 0 aromatic heterocycles. The fourth-order valence-electron chi connectivity index (χ4n) is 1.32. The van der Waals surface area contributed by atoms with Gasteiger partial charge in [-0.2, -0.15) is 0 Å². The standard InChI is InChI=1S/C8H21N3/c1-7(10-2)8(5-6-9)11(3)4/h7-8,10H,5-6,9H2,1-4H3. The van der Waals surface area contributed by atoms with E-state index in [-0.39, 0.29) is 0 Å². The van der Waals surface area contributed by atoms with Crippen molar-refractivity contribution < 1.29 is 0 Å². The highest BCUT2D eigenvalue weighted by molar-refractivity contribution is 4.77. The normalized spacial score (nSPS) is 16.9. The number of hydrogen-bond donors (Lipinski definition) is 2. The van der Waals surface area contributed by atoms with Crippen LogP contribution in [0.3, 0.4) is 0 Å². The number of nitrogens with two attached hydrogens (primary N) is 1. The quantitative estimate of drug-likeness (QED) is 0.587. The molecule has 0 amide bonds. The third-order valence-electron chi connectivity index (χ3n) is 2.16. The van der Waals surface area contributed by atoms with Crippen LogP contribution in [0.15, 0.2) is 0 Å². The molecule has 2 atom stereocenters. The zero-order valence-electron chi connectivity index (χ0n) is 8.09. The molecule has 0 heterocycles. The van der Waals surface area contributed by atoms with Gasteiger partial charge < -0.3 is 16.0 Å². The minimum atomic E-state index is 0.508. The lowest BCUT2D eigenvalue weighted by Crippen LogP contribution is -2.45. The van der Waals surface area contributed by atoms with Gasteiger partial charge in [-0.05, 0) is 41.0 Å². The first-order valence-electron chi connectivity index (χ1n) is 4.17. The van der Waals surface area contributed by atoms with Gasteiger partial charge in [-0.1, -0.05) is 0 Å². The second kappa shape index (κ2) is 5.52. The van der Waals surface area contributed by atoms with Gasteiger partial charge in [0.2, 0.25) is 0 Å². The van der Waals surface area contributed by atoms with E-state index in [1.807, 2.05) is 7.05 Å². The Labute approximate surface area is 69.9 Å². The summed E-state index contributed by atoms with van der Waals surface area (Å²) in [7, 11) is 6.17. The molecular weight excluding hydrogens is 138 g/mol. The first kappa shape index (κ1) is 10.9. The molecule has 0 spiro atoms. The van der Waals surface area contributed by atoms with Crippen molar-refractivity contribution in [3.8, 4) is 0 Å². The van der Waals surface area contributed by atoms with Crippen molar-refractivity contribution in [3.63, 3.8) is 0 Å². The molecule has 3 nitrogen and oxygen atoms in total. The fraction of sp³-hybridized carbons (Fsp3) is 1.00. The summed E-state index contributed by atoms with van der Waals surface area (Å²) < 4.78 is 0. The van der Waals surface area contributed by atoms with Crippen LogP contribution >= 0.6 is 0 Å². The molecule has 0 aromatic rings. The van der Waals surface area contributed by atoms with Crippen molar-refractivity contribution in [2.45, 2.75) is 25.4 Å². The minimum absolute atomic E-state index is 0.508. The maximum atomic E-state index is 5.51. The smallest absolute Gasteiger partial charge is 0.0252 e. The van der Waals surface area contributed by atoms with Gasteiger partial charge >= 0.3 is 0 Å². The van der Waals surface area contributed by atoms with Crippen LogP contribution < -0.4 is 11.1 Å². The lowest BCUT2D eigenvalue weighted by molar-refractivity contribution is 0.233. The Bertz CT molecular complexity index is 93.3. The molecule has 3 N–H and O–H groups in total. The molecule has 0 saturated heterocycles. The molecule has 0 aliphatic rings. The Morgan fingerprint density at radius 1 is 1.45 bits per heavy atom. The second-order valence-electron chi connectivity index (χ2n) is 3.19.